The van der Waals surface area contributed by atoms with Crippen LogP contribution in [-0.2, 0) is 19.3 Å². The van der Waals surface area contributed by atoms with Gasteiger partial charge in [-0.15, -0.1) is 12.4 Å². The first-order chi connectivity index (χ1) is 9.72. The lowest BCUT2D eigenvalue weighted by Crippen LogP contribution is -2.17. The Morgan fingerprint density at radius 1 is 1.29 bits per heavy atom. The second-order valence-corrected chi connectivity index (χ2v) is 5.46. The van der Waals surface area contributed by atoms with Crippen molar-refractivity contribution < 1.29 is 9.90 Å². The number of carbonyl (C=O) groups is 1. The van der Waals surface area contributed by atoms with E-state index in [9.17, 15) is 4.79 Å². The van der Waals surface area contributed by atoms with Crippen molar-refractivity contribution in [2.75, 3.05) is 0 Å². The predicted octanol–water partition coefficient (Wildman–Crippen LogP) is 3.55. The van der Waals surface area contributed by atoms with Gasteiger partial charge in [-0.2, -0.15) is 0 Å². The molecule has 1 aliphatic rings. The van der Waals surface area contributed by atoms with E-state index in [2.05, 4.69) is 11.1 Å². The average Bonchev–Trinajstić information content (AvgIpc) is 2.47. The number of aryl methyl sites for hydroxylation is 1. The molecule has 0 fully saturated rings. The Morgan fingerprint density at radius 3 is 2.86 bits per heavy atom. The number of halogens is 1. The molecule has 1 heterocycles. The number of hydrogen-bond donors (Lipinski definition) is 1. The van der Waals surface area contributed by atoms with E-state index in [1.807, 2.05) is 24.4 Å². The first kappa shape index (κ1) is 15.5. The van der Waals surface area contributed by atoms with E-state index in [-0.39, 0.29) is 12.4 Å². The van der Waals surface area contributed by atoms with Crippen LogP contribution >= 0.6 is 12.4 Å². The van der Waals surface area contributed by atoms with Gasteiger partial charge in [0.05, 0.1) is 5.56 Å². The van der Waals surface area contributed by atoms with E-state index in [0.29, 0.717) is 11.5 Å². The number of pyridine rings is 1. The number of nitrogens with zero attached hydrogens (tertiary/aromatic N) is 1. The maximum absolute atomic E-state index is 11.0. The van der Waals surface area contributed by atoms with Crippen LogP contribution in [0.25, 0.3) is 0 Å². The van der Waals surface area contributed by atoms with Crippen LogP contribution in [0.4, 0.5) is 0 Å². The van der Waals surface area contributed by atoms with Crippen LogP contribution in [0.2, 0.25) is 0 Å². The second-order valence-electron chi connectivity index (χ2n) is 5.46. The molecule has 1 unspecified atom stereocenters. The molecule has 1 atom stereocenters. The first-order valence-corrected chi connectivity index (χ1v) is 6.96. The highest BCUT2D eigenvalue weighted by molar-refractivity contribution is 5.87. The monoisotopic (exact) mass is 303 g/mol. The Morgan fingerprint density at radius 2 is 2.14 bits per heavy atom. The Hall–Kier alpha value is -1.87. The van der Waals surface area contributed by atoms with E-state index in [1.165, 1.54) is 16.7 Å². The van der Waals surface area contributed by atoms with E-state index < -0.39 is 5.97 Å². The molecule has 110 valence electrons. The van der Waals surface area contributed by atoms with Gasteiger partial charge in [-0.05, 0) is 66.5 Å². The molecule has 1 N–H and O–H groups in total. The lowest BCUT2D eigenvalue weighted by atomic mass is 9.80. The van der Waals surface area contributed by atoms with Crippen LogP contribution in [0, 0.1) is 5.92 Å². The normalized spacial score (nSPS) is 16.7. The van der Waals surface area contributed by atoms with E-state index >= 15 is 0 Å². The molecule has 4 heteroatoms. The smallest absolute Gasteiger partial charge is 0.335 e. The maximum atomic E-state index is 11.0. The zero-order valence-corrected chi connectivity index (χ0v) is 12.5. The number of hydrogen-bond acceptors (Lipinski definition) is 2. The number of benzene rings is 1. The fourth-order valence-corrected chi connectivity index (χ4v) is 2.99. The molecule has 1 aromatic carbocycles. The number of carboxylic acids is 1. The minimum Gasteiger partial charge on any atom is -0.478 e. The average molecular weight is 304 g/mol. The van der Waals surface area contributed by atoms with Crippen molar-refractivity contribution in [2.24, 2.45) is 5.92 Å². The molecule has 3 nitrogen and oxygen atoms in total. The lowest BCUT2D eigenvalue weighted by molar-refractivity contribution is 0.0696. The quantitative estimate of drug-likeness (QED) is 0.943. The van der Waals surface area contributed by atoms with Gasteiger partial charge >= 0.3 is 5.97 Å². The van der Waals surface area contributed by atoms with Gasteiger partial charge in [-0.3, -0.25) is 4.98 Å². The fourth-order valence-electron chi connectivity index (χ4n) is 2.99. The van der Waals surface area contributed by atoms with Crippen LogP contribution in [-0.4, -0.2) is 16.1 Å². The summed E-state index contributed by atoms with van der Waals surface area (Å²) in [4.78, 5) is 15.1. The van der Waals surface area contributed by atoms with Gasteiger partial charge in [0, 0.05) is 12.4 Å². The highest BCUT2D eigenvalue weighted by Gasteiger charge is 2.20. The first-order valence-electron chi connectivity index (χ1n) is 6.96. The highest BCUT2D eigenvalue weighted by atomic mass is 35.5. The van der Waals surface area contributed by atoms with E-state index in [1.54, 1.807) is 12.3 Å². The Kier molecular flexibility index (Phi) is 4.97. The Labute approximate surface area is 130 Å². The summed E-state index contributed by atoms with van der Waals surface area (Å²) in [7, 11) is 0. The lowest BCUT2D eigenvalue weighted by Gasteiger charge is -2.24. The fraction of sp³-hybridized carbons (Fsp3) is 0.294. The minimum atomic E-state index is -0.842. The summed E-state index contributed by atoms with van der Waals surface area (Å²) < 4.78 is 0. The SMILES string of the molecule is Cl.O=C(O)c1ccc2c(c1)CCC(Cc1cccnc1)C2. The van der Waals surface area contributed by atoms with Crippen molar-refractivity contribution in [3.05, 3.63) is 65.0 Å². The molecule has 0 saturated carbocycles. The molecule has 0 amide bonds. The molecule has 2 aromatic rings. The van der Waals surface area contributed by atoms with Crippen molar-refractivity contribution >= 4 is 18.4 Å². The summed E-state index contributed by atoms with van der Waals surface area (Å²) in [6.07, 6.45) is 7.90. The topological polar surface area (TPSA) is 50.2 Å². The Bertz CT molecular complexity index is 628. The number of aromatic nitrogens is 1. The van der Waals surface area contributed by atoms with Crippen molar-refractivity contribution in [1.29, 1.82) is 0 Å². The number of fused-ring (bicyclic) bond motifs is 1. The van der Waals surface area contributed by atoms with Crippen molar-refractivity contribution in [2.45, 2.75) is 25.7 Å². The molecule has 3 rings (SSSR count). The largest absolute Gasteiger partial charge is 0.478 e. The molecule has 0 saturated heterocycles. The third-order valence-corrected chi connectivity index (χ3v) is 4.03. The molecular formula is C17H18ClNO2. The summed E-state index contributed by atoms with van der Waals surface area (Å²) in [6.45, 7) is 0. The van der Waals surface area contributed by atoms with Crippen molar-refractivity contribution in [3.8, 4) is 0 Å². The number of rotatable bonds is 3. The standard InChI is InChI=1S/C17H17NO2.ClH/c19-17(20)16-6-5-14-9-12(3-4-15(14)10-16)8-13-2-1-7-18-11-13;/h1-2,5-7,10-12H,3-4,8-9H2,(H,19,20);1H. The number of carboxylic acid groups (broad SMARTS) is 1. The molecular weight excluding hydrogens is 286 g/mol. The molecule has 0 aliphatic heterocycles. The summed E-state index contributed by atoms with van der Waals surface area (Å²) >= 11 is 0. The van der Waals surface area contributed by atoms with Gasteiger partial charge in [0.15, 0.2) is 0 Å². The van der Waals surface area contributed by atoms with Gasteiger partial charge in [0.25, 0.3) is 0 Å². The van der Waals surface area contributed by atoms with E-state index in [0.717, 1.165) is 25.7 Å². The summed E-state index contributed by atoms with van der Waals surface area (Å²) in [5, 5.41) is 9.03. The van der Waals surface area contributed by atoms with Gasteiger partial charge in [0.2, 0.25) is 0 Å². The molecule has 1 aliphatic carbocycles. The Balaban J connectivity index is 0.00000161. The van der Waals surface area contributed by atoms with Gasteiger partial charge in [0.1, 0.15) is 0 Å². The zero-order valence-electron chi connectivity index (χ0n) is 11.7. The van der Waals surface area contributed by atoms with Crippen LogP contribution in [0.15, 0.2) is 42.7 Å². The van der Waals surface area contributed by atoms with E-state index in [4.69, 9.17) is 5.11 Å². The molecule has 1 aromatic heterocycles. The zero-order chi connectivity index (χ0) is 13.9. The maximum Gasteiger partial charge on any atom is 0.335 e. The molecule has 0 radical (unpaired) electrons. The van der Waals surface area contributed by atoms with Gasteiger partial charge < -0.3 is 5.11 Å². The second kappa shape index (κ2) is 6.72. The van der Waals surface area contributed by atoms with Gasteiger partial charge in [-0.25, -0.2) is 4.79 Å². The predicted molar refractivity (Wildman–Crippen MR) is 84.1 cm³/mol. The third kappa shape index (κ3) is 3.61. The van der Waals surface area contributed by atoms with Crippen LogP contribution in [0.3, 0.4) is 0 Å². The third-order valence-electron chi connectivity index (χ3n) is 4.03. The van der Waals surface area contributed by atoms with Crippen molar-refractivity contribution in [3.63, 3.8) is 0 Å². The highest BCUT2D eigenvalue weighted by Crippen LogP contribution is 2.28. The summed E-state index contributed by atoms with van der Waals surface area (Å²) in [5.41, 5.74) is 4.18. The van der Waals surface area contributed by atoms with Crippen LogP contribution in [0.1, 0.15) is 33.5 Å². The molecule has 0 spiro atoms. The minimum absolute atomic E-state index is 0. The molecule has 0 bridgehead atoms. The summed E-state index contributed by atoms with van der Waals surface area (Å²) in [6, 6.07) is 9.63. The number of aromatic carboxylic acids is 1. The molecule has 21 heavy (non-hydrogen) atoms. The van der Waals surface area contributed by atoms with Crippen LogP contribution < -0.4 is 0 Å². The van der Waals surface area contributed by atoms with Crippen LogP contribution in [0.5, 0.6) is 0 Å². The summed E-state index contributed by atoms with van der Waals surface area (Å²) in [5.74, 6) is -0.215. The van der Waals surface area contributed by atoms with Gasteiger partial charge in [-0.1, -0.05) is 12.1 Å². The van der Waals surface area contributed by atoms with Crippen molar-refractivity contribution in [1.82, 2.24) is 4.98 Å².